The standard InChI is InChI=1S/C15H18N2O3/c1-20-13-6-3-12(4-7-13)5-8-15(19)17-10-2-9-16-14(18)11-17/h3-8H,2,9-11H2,1H3,(H,16,18). The van der Waals surface area contributed by atoms with Crippen LogP contribution in [0.1, 0.15) is 12.0 Å². The van der Waals surface area contributed by atoms with E-state index in [9.17, 15) is 9.59 Å². The number of carbonyl (C=O) groups excluding carboxylic acids is 2. The molecular formula is C15H18N2O3. The highest BCUT2D eigenvalue weighted by atomic mass is 16.5. The molecule has 0 aliphatic carbocycles. The van der Waals surface area contributed by atoms with Crippen molar-refractivity contribution in [3.05, 3.63) is 35.9 Å². The topological polar surface area (TPSA) is 58.6 Å². The number of hydrogen-bond donors (Lipinski definition) is 1. The molecule has 1 aliphatic rings. The van der Waals surface area contributed by atoms with Crippen LogP contribution in [0.5, 0.6) is 5.75 Å². The summed E-state index contributed by atoms with van der Waals surface area (Å²) in [5.41, 5.74) is 0.915. The molecule has 1 saturated heterocycles. The Morgan fingerprint density at radius 3 is 2.80 bits per heavy atom. The lowest BCUT2D eigenvalue weighted by molar-refractivity contribution is -0.131. The quantitative estimate of drug-likeness (QED) is 0.838. The third-order valence-corrected chi connectivity index (χ3v) is 3.11. The number of nitrogens with one attached hydrogen (secondary N) is 1. The van der Waals surface area contributed by atoms with Gasteiger partial charge in [-0.05, 0) is 30.2 Å². The summed E-state index contributed by atoms with van der Waals surface area (Å²) in [6.45, 7) is 1.36. The van der Waals surface area contributed by atoms with Gasteiger partial charge in [-0.1, -0.05) is 12.1 Å². The van der Waals surface area contributed by atoms with Gasteiger partial charge in [0, 0.05) is 19.2 Å². The number of methoxy groups -OCH3 is 1. The highest BCUT2D eigenvalue weighted by Gasteiger charge is 2.17. The Kier molecular flexibility index (Phi) is 4.76. The van der Waals surface area contributed by atoms with Crippen LogP contribution in [0.15, 0.2) is 30.3 Å². The normalized spacial score (nSPS) is 15.8. The van der Waals surface area contributed by atoms with Gasteiger partial charge in [0.1, 0.15) is 5.75 Å². The Balaban J connectivity index is 1.98. The van der Waals surface area contributed by atoms with Crippen LogP contribution in [-0.2, 0) is 9.59 Å². The molecule has 1 aliphatic heterocycles. The molecule has 20 heavy (non-hydrogen) atoms. The minimum atomic E-state index is -0.141. The molecule has 2 rings (SSSR count). The molecule has 5 nitrogen and oxygen atoms in total. The van der Waals surface area contributed by atoms with Crippen LogP contribution in [0.4, 0.5) is 0 Å². The fourth-order valence-electron chi connectivity index (χ4n) is 1.98. The predicted molar refractivity (Wildman–Crippen MR) is 76.2 cm³/mol. The van der Waals surface area contributed by atoms with E-state index in [1.807, 2.05) is 24.3 Å². The number of carbonyl (C=O) groups is 2. The van der Waals surface area contributed by atoms with Crippen molar-refractivity contribution in [1.82, 2.24) is 10.2 Å². The van der Waals surface area contributed by atoms with Gasteiger partial charge in [0.15, 0.2) is 0 Å². The number of ether oxygens (including phenoxy) is 1. The molecule has 5 heteroatoms. The predicted octanol–water partition coefficient (Wildman–Crippen LogP) is 1.06. The lowest BCUT2D eigenvalue weighted by atomic mass is 10.2. The molecule has 1 N–H and O–H groups in total. The van der Waals surface area contributed by atoms with E-state index >= 15 is 0 Å². The zero-order chi connectivity index (χ0) is 14.4. The largest absolute Gasteiger partial charge is 0.497 e. The third kappa shape index (κ3) is 3.85. The number of hydrogen-bond acceptors (Lipinski definition) is 3. The molecule has 0 aromatic heterocycles. The zero-order valence-electron chi connectivity index (χ0n) is 11.5. The molecular weight excluding hydrogens is 256 g/mol. The summed E-state index contributed by atoms with van der Waals surface area (Å²) in [6, 6.07) is 7.42. The summed E-state index contributed by atoms with van der Waals surface area (Å²) >= 11 is 0. The second kappa shape index (κ2) is 6.75. The van der Waals surface area contributed by atoms with Crippen molar-refractivity contribution in [2.24, 2.45) is 0 Å². The van der Waals surface area contributed by atoms with Crippen LogP contribution in [0.3, 0.4) is 0 Å². The van der Waals surface area contributed by atoms with Crippen LogP contribution in [-0.4, -0.2) is 43.5 Å². The first-order valence-electron chi connectivity index (χ1n) is 6.57. The first-order valence-corrected chi connectivity index (χ1v) is 6.57. The van der Waals surface area contributed by atoms with Gasteiger partial charge < -0.3 is 15.0 Å². The van der Waals surface area contributed by atoms with E-state index in [-0.39, 0.29) is 18.4 Å². The van der Waals surface area contributed by atoms with Crippen LogP contribution < -0.4 is 10.1 Å². The molecule has 1 fully saturated rings. The van der Waals surface area contributed by atoms with Crippen molar-refractivity contribution < 1.29 is 14.3 Å². The van der Waals surface area contributed by atoms with Crippen LogP contribution in [0.2, 0.25) is 0 Å². The fourth-order valence-corrected chi connectivity index (χ4v) is 1.98. The van der Waals surface area contributed by atoms with E-state index in [1.54, 1.807) is 18.1 Å². The summed E-state index contributed by atoms with van der Waals surface area (Å²) < 4.78 is 5.07. The maximum Gasteiger partial charge on any atom is 0.247 e. The third-order valence-electron chi connectivity index (χ3n) is 3.11. The summed E-state index contributed by atoms with van der Waals surface area (Å²) in [6.07, 6.45) is 4.03. The minimum absolute atomic E-state index is 0.103. The average Bonchev–Trinajstić information content (AvgIpc) is 2.70. The Labute approximate surface area is 118 Å². The monoisotopic (exact) mass is 274 g/mol. The first-order chi connectivity index (χ1) is 9.69. The Hall–Kier alpha value is -2.30. The maximum atomic E-state index is 12.0. The fraction of sp³-hybridized carbons (Fsp3) is 0.333. The van der Waals surface area contributed by atoms with Gasteiger partial charge in [0.2, 0.25) is 11.8 Å². The van der Waals surface area contributed by atoms with Gasteiger partial charge >= 0.3 is 0 Å². The van der Waals surface area contributed by atoms with Crippen molar-refractivity contribution in [1.29, 1.82) is 0 Å². The Morgan fingerprint density at radius 1 is 1.35 bits per heavy atom. The second-order valence-corrected chi connectivity index (χ2v) is 4.57. The van der Waals surface area contributed by atoms with Crippen molar-refractivity contribution in [3.8, 4) is 5.75 Å². The van der Waals surface area contributed by atoms with Crippen LogP contribution >= 0.6 is 0 Å². The van der Waals surface area contributed by atoms with Gasteiger partial charge in [-0.15, -0.1) is 0 Å². The van der Waals surface area contributed by atoms with E-state index < -0.39 is 0 Å². The molecule has 2 amide bonds. The summed E-state index contributed by atoms with van der Waals surface area (Å²) in [5, 5.41) is 2.74. The smallest absolute Gasteiger partial charge is 0.247 e. The molecule has 0 saturated carbocycles. The first kappa shape index (κ1) is 14.1. The molecule has 0 spiro atoms. The highest BCUT2D eigenvalue weighted by molar-refractivity contribution is 5.94. The highest BCUT2D eigenvalue weighted by Crippen LogP contribution is 2.12. The van der Waals surface area contributed by atoms with E-state index in [4.69, 9.17) is 4.74 Å². The second-order valence-electron chi connectivity index (χ2n) is 4.57. The molecule has 0 unspecified atom stereocenters. The van der Waals surface area contributed by atoms with Gasteiger partial charge in [-0.2, -0.15) is 0 Å². The lowest BCUT2D eigenvalue weighted by Gasteiger charge is -2.16. The summed E-state index contributed by atoms with van der Waals surface area (Å²) in [4.78, 5) is 25.0. The maximum absolute atomic E-state index is 12.0. The number of benzene rings is 1. The van der Waals surface area contributed by atoms with E-state index in [1.165, 1.54) is 6.08 Å². The van der Waals surface area contributed by atoms with E-state index in [2.05, 4.69) is 5.32 Å². The molecule has 0 radical (unpaired) electrons. The molecule has 0 atom stereocenters. The molecule has 0 bridgehead atoms. The van der Waals surface area contributed by atoms with Crippen molar-refractivity contribution in [2.45, 2.75) is 6.42 Å². The van der Waals surface area contributed by atoms with Crippen LogP contribution in [0, 0.1) is 0 Å². The molecule has 1 aromatic rings. The van der Waals surface area contributed by atoms with Gasteiger partial charge in [0.05, 0.1) is 13.7 Å². The Bertz CT molecular complexity index is 508. The van der Waals surface area contributed by atoms with Crippen LogP contribution in [0.25, 0.3) is 6.08 Å². The van der Waals surface area contributed by atoms with Gasteiger partial charge in [-0.3, -0.25) is 9.59 Å². The molecule has 106 valence electrons. The number of amides is 2. The van der Waals surface area contributed by atoms with Crippen molar-refractivity contribution in [2.75, 3.05) is 26.7 Å². The summed E-state index contributed by atoms with van der Waals surface area (Å²) in [5.74, 6) is 0.532. The van der Waals surface area contributed by atoms with Gasteiger partial charge in [0.25, 0.3) is 0 Å². The number of rotatable bonds is 3. The van der Waals surface area contributed by atoms with Crippen molar-refractivity contribution in [3.63, 3.8) is 0 Å². The van der Waals surface area contributed by atoms with Gasteiger partial charge in [-0.25, -0.2) is 0 Å². The van der Waals surface area contributed by atoms with E-state index in [0.29, 0.717) is 13.1 Å². The minimum Gasteiger partial charge on any atom is -0.497 e. The van der Waals surface area contributed by atoms with E-state index in [0.717, 1.165) is 17.7 Å². The molecule has 1 heterocycles. The molecule has 1 aromatic carbocycles. The van der Waals surface area contributed by atoms with Crippen molar-refractivity contribution >= 4 is 17.9 Å². The Morgan fingerprint density at radius 2 is 2.10 bits per heavy atom. The SMILES string of the molecule is COc1ccc(C=CC(=O)N2CCCNC(=O)C2)cc1. The lowest BCUT2D eigenvalue weighted by Crippen LogP contribution is -2.36. The number of nitrogens with zero attached hydrogens (tertiary/aromatic N) is 1. The average molecular weight is 274 g/mol. The zero-order valence-corrected chi connectivity index (χ0v) is 11.5. The summed E-state index contributed by atoms with van der Waals surface area (Å²) in [7, 11) is 1.61.